The Balaban J connectivity index is 2.01. The molecule has 4 heteroatoms. The lowest BCUT2D eigenvalue weighted by Crippen LogP contribution is -1.98. The van der Waals surface area contributed by atoms with E-state index in [1.807, 2.05) is 54.6 Å². The number of rotatable bonds is 2. The van der Waals surface area contributed by atoms with Crippen LogP contribution in [0, 0.1) is 0 Å². The second-order valence-corrected chi connectivity index (χ2v) is 6.27. The molecule has 0 bridgehead atoms. The van der Waals surface area contributed by atoms with E-state index < -0.39 is 0 Å². The molecular formula is C19H14BrN3. The van der Waals surface area contributed by atoms with E-state index >= 15 is 0 Å². The van der Waals surface area contributed by atoms with E-state index in [0.29, 0.717) is 0 Å². The molecule has 1 heterocycles. The third kappa shape index (κ3) is 2.51. The lowest BCUT2D eigenvalue weighted by atomic mass is 10.2. The van der Waals surface area contributed by atoms with E-state index in [-0.39, 0.29) is 0 Å². The van der Waals surface area contributed by atoms with Crippen LogP contribution < -0.4 is 5.73 Å². The number of para-hydroxylation sites is 2. The highest BCUT2D eigenvalue weighted by molar-refractivity contribution is 9.10. The van der Waals surface area contributed by atoms with Gasteiger partial charge < -0.3 is 5.73 Å². The average Bonchev–Trinajstić information content (AvgIpc) is 2.96. The van der Waals surface area contributed by atoms with Crippen molar-refractivity contribution < 1.29 is 0 Å². The summed E-state index contributed by atoms with van der Waals surface area (Å²) in [5.74, 6) is 0.920. The highest BCUT2D eigenvalue weighted by Gasteiger charge is 2.13. The predicted octanol–water partition coefficient (Wildman–Crippen LogP) is 5.04. The molecule has 0 aliphatic carbocycles. The molecule has 0 atom stereocenters. The molecule has 0 aliphatic rings. The van der Waals surface area contributed by atoms with Crippen molar-refractivity contribution in [3.63, 3.8) is 0 Å². The Labute approximate surface area is 142 Å². The molecule has 0 saturated heterocycles. The van der Waals surface area contributed by atoms with Gasteiger partial charge in [-0.15, -0.1) is 0 Å². The summed E-state index contributed by atoms with van der Waals surface area (Å²) in [4.78, 5) is 4.83. The molecule has 0 saturated carbocycles. The minimum atomic E-state index is 0.753. The molecule has 4 aromatic rings. The fourth-order valence-corrected chi connectivity index (χ4v) is 2.97. The molecule has 0 unspecified atom stereocenters. The third-order valence-electron chi connectivity index (χ3n) is 3.81. The molecular weight excluding hydrogens is 350 g/mol. The minimum Gasteiger partial charge on any atom is -0.399 e. The summed E-state index contributed by atoms with van der Waals surface area (Å²) < 4.78 is 3.22. The summed E-state index contributed by atoms with van der Waals surface area (Å²) in [5, 5.41) is 0. The number of anilines is 1. The Bertz CT molecular complexity index is 970. The zero-order valence-electron chi connectivity index (χ0n) is 12.3. The maximum atomic E-state index is 5.83. The molecule has 0 amide bonds. The monoisotopic (exact) mass is 363 g/mol. The van der Waals surface area contributed by atoms with Crippen molar-refractivity contribution in [3.8, 4) is 17.1 Å². The Morgan fingerprint density at radius 3 is 2.26 bits per heavy atom. The third-order valence-corrected chi connectivity index (χ3v) is 4.34. The zero-order chi connectivity index (χ0) is 15.8. The van der Waals surface area contributed by atoms with Crippen LogP contribution in [0.5, 0.6) is 0 Å². The normalized spacial score (nSPS) is 11.0. The van der Waals surface area contributed by atoms with Crippen molar-refractivity contribution in [2.75, 3.05) is 5.73 Å². The van der Waals surface area contributed by atoms with E-state index in [4.69, 9.17) is 10.7 Å². The second kappa shape index (κ2) is 5.56. The number of fused-ring (bicyclic) bond motifs is 1. The number of aromatic nitrogens is 2. The first kappa shape index (κ1) is 14.0. The fraction of sp³-hybridized carbons (Fsp3) is 0. The Hall–Kier alpha value is -2.59. The van der Waals surface area contributed by atoms with Crippen molar-refractivity contribution >= 4 is 32.7 Å². The first-order chi connectivity index (χ1) is 11.2. The zero-order valence-corrected chi connectivity index (χ0v) is 13.9. The Morgan fingerprint density at radius 2 is 1.52 bits per heavy atom. The van der Waals surface area contributed by atoms with Gasteiger partial charge in [0.1, 0.15) is 5.82 Å². The topological polar surface area (TPSA) is 43.8 Å². The quantitative estimate of drug-likeness (QED) is 0.507. The first-order valence-electron chi connectivity index (χ1n) is 7.32. The van der Waals surface area contributed by atoms with Crippen LogP contribution in [0.4, 0.5) is 5.69 Å². The molecule has 3 nitrogen and oxygen atoms in total. The SMILES string of the molecule is Nc1ccc(-n2c(-c3ccc(Br)cc3)nc3ccccc32)cc1. The number of imidazole rings is 1. The standard InChI is InChI=1S/C19H14BrN3/c20-14-7-5-13(6-8-14)19-22-17-3-1-2-4-18(17)23(19)16-11-9-15(21)10-12-16/h1-12H,21H2. The van der Waals surface area contributed by atoms with E-state index in [2.05, 4.69) is 38.7 Å². The van der Waals surface area contributed by atoms with E-state index in [9.17, 15) is 0 Å². The smallest absolute Gasteiger partial charge is 0.145 e. The molecule has 112 valence electrons. The summed E-state index contributed by atoms with van der Waals surface area (Å²) in [5.41, 5.74) is 10.8. The minimum absolute atomic E-state index is 0.753. The van der Waals surface area contributed by atoms with Gasteiger partial charge in [0, 0.05) is 21.4 Å². The second-order valence-electron chi connectivity index (χ2n) is 5.36. The van der Waals surface area contributed by atoms with E-state index in [0.717, 1.165) is 38.3 Å². The van der Waals surface area contributed by atoms with Crippen LogP contribution in [-0.4, -0.2) is 9.55 Å². The first-order valence-corrected chi connectivity index (χ1v) is 8.11. The molecule has 0 spiro atoms. The molecule has 2 N–H and O–H groups in total. The number of hydrogen-bond donors (Lipinski definition) is 1. The Kier molecular flexibility index (Phi) is 3.39. The van der Waals surface area contributed by atoms with Crippen molar-refractivity contribution in [3.05, 3.63) is 77.3 Å². The van der Waals surface area contributed by atoms with Gasteiger partial charge in [0.25, 0.3) is 0 Å². The van der Waals surface area contributed by atoms with E-state index in [1.54, 1.807) is 0 Å². The van der Waals surface area contributed by atoms with Crippen LogP contribution in [0.1, 0.15) is 0 Å². The van der Waals surface area contributed by atoms with Crippen LogP contribution in [0.25, 0.3) is 28.1 Å². The lowest BCUT2D eigenvalue weighted by molar-refractivity contribution is 1.10. The number of halogens is 1. The summed E-state index contributed by atoms with van der Waals surface area (Å²) in [6.45, 7) is 0. The summed E-state index contributed by atoms with van der Waals surface area (Å²) in [6, 6.07) is 24.2. The largest absolute Gasteiger partial charge is 0.399 e. The van der Waals surface area contributed by atoms with Crippen LogP contribution in [0.15, 0.2) is 77.3 Å². The van der Waals surface area contributed by atoms with Crippen LogP contribution in [0.2, 0.25) is 0 Å². The van der Waals surface area contributed by atoms with Crippen LogP contribution in [0.3, 0.4) is 0 Å². The molecule has 0 fully saturated rings. The Morgan fingerprint density at radius 1 is 0.826 bits per heavy atom. The van der Waals surface area contributed by atoms with Crippen molar-refractivity contribution in [1.29, 1.82) is 0 Å². The van der Waals surface area contributed by atoms with E-state index in [1.165, 1.54) is 0 Å². The van der Waals surface area contributed by atoms with Crippen molar-refractivity contribution in [2.45, 2.75) is 0 Å². The highest BCUT2D eigenvalue weighted by atomic mass is 79.9. The number of nitrogens with two attached hydrogens (primary N) is 1. The maximum absolute atomic E-state index is 5.83. The van der Waals surface area contributed by atoms with Gasteiger partial charge >= 0.3 is 0 Å². The predicted molar refractivity (Wildman–Crippen MR) is 98.6 cm³/mol. The van der Waals surface area contributed by atoms with Gasteiger partial charge in [-0.3, -0.25) is 4.57 Å². The number of nitrogen functional groups attached to an aromatic ring is 1. The number of nitrogens with zero attached hydrogens (tertiary/aromatic N) is 2. The molecule has 0 aliphatic heterocycles. The van der Waals surface area contributed by atoms with Gasteiger partial charge in [-0.2, -0.15) is 0 Å². The number of benzene rings is 3. The molecule has 4 rings (SSSR count). The van der Waals surface area contributed by atoms with Gasteiger partial charge in [-0.1, -0.05) is 40.2 Å². The van der Waals surface area contributed by atoms with Crippen molar-refractivity contribution in [2.24, 2.45) is 0 Å². The molecule has 3 aromatic carbocycles. The molecule has 1 aromatic heterocycles. The molecule has 0 radical (unpaired) electrons. The maximum Gasteiger partial charge on any atom is 0.145 e. The average molecular weight is 364 g/mol. The lowest BCUT2D eigenvalue weighted by Gasteiger charge is -2.10. The summed E-state index contributed by atoms with van der Waals surface area (Å²) in [7, 11) is 0. The highest BCUT2D eigenvalue weighted by Crippen LogP contribution is 2.29. The van der Waals surface area contributed by atoms with Gasteiger partial charge in [-0.25, -0.2) is 4.98 Å². The van der Waals surface area contributed by atoms with Gasteiger partial charge in [0.05, 0.1) is 11.0 Å². The van der Waals surface area contributed by atoms with Gasteiger partial charge in [-0.05, 0) is 48.5 Å². The van der Waals surface area contributed by atoms with Gasteiger partial charge in [0.2, 0.25) is 0 Å². The summed E-state index contributed by atoms with van der Waals surface area (Å²) in [6.07, 6.45) is 0. The van der Waals surface area contributed by atoms with Crippen molar-refractivity contribution in [1.82, 2.24) is 9.55 Å². The van der Waals surface area contributed by atoms with Crippen LogP contribution in [-0.2, 0) is 0 Å². The van der Waals surface area contributed by atoms with Crippen LogP contribution >= 0.6 is 15.9 Å². The number of hydrogen-bond acceptors (Lipinski definition) is 2. The summed E-state index contributed by atoms with van der Waals surface area (Å²) >= 11 is 3.48. The van der Waals surface area contributed by atoms with Gasteiger partial charge in [0.15, 0.2) is 0 Å². The fourth-order valence-electron chi connectivity index (χ4n) is 2.70. The molecule has 23 heavy (non-hydrogen) atoms.